The highest BCUT2D eigenvalue weighted by atomic mass is 35.5. The number of aromatic nitrogens is 1. The molecular formula is C13H7Cl3FNO2. The van der Waals surface area contributed by atoms with Crippen LogP contribution in [-0.4, -0.2) is 18.1 Å². The van der Waals surface area contributed by atoms with Crippen LogP contribution in [0.25, 0.3) is 11.3 Å². The van der Waals surface area contributed by atoms with Crippen molar-refractivity contribution >= 4 is 40.8 Å². The topological polar surface area (TPSA) is 39.2 Å². The summed E-state index contributed by atoms with van der Waals surface area (Å²) in [5.74, 6) is -1.34. The smallest absolute Gasteiger partial charge is 0.356 e. The average molecular weight is 335 g/mol. The number of methoxy groups -OCH3 is 1. The van der Waals surface area contributed by atoms with E-state index >= 15 is 0 Å². The molecule has 2 rings (SSSR count). The summed E-state index contributed by atoms with van der Waals surface area (Å²) < 4.78 is 18.4. The Labute approximate surface area is 129 Å². The van der Waals surface area contributed by atoms with Gasteiger partial charge in [-0.05, 0) is 24.3 Å². The summed E-state index contributed by atoms with van der Waals surface area (Å²) in [5.41, 5.74) is 0.0331. The highest BCUT2D eigenvalue weighted by molar-refractivity contribution is 6.45. The summed E-state index contributed by atoms with van der Waals surface area (Å²) in [5, 5.41) is 0.544. The van der Waals surface area contributed by atoms with E-state index in [2.05, 4.69) is 9.72 Å². The van der Waals surface area contributed by atoms with Crippen LogP contribution < -0.4 is 0 Å². The molecule has 0 atom stereocenters. The van der Waals surface area contributed by atoms with Gasteiger partial charge in [0.05, 0.1) is 17.2 Å². The van der Waals surface area contributed by atoms with Crippen molar-refractivity contribution in [1.82, 2.24) is 4.98 Å². The van der Waals surface area contributed by atoms with Crippen molar-refractivity contribution in [2.45, 2.75) is 0 Å². The number of carbonyl (C=O) groups excluding carboxylic acids is 1. The zero-order valence-electron chi connectivity index (χ0n) is 10.1. The van der Waals surface area contributed by atoms with Gasteiger partial charge in [0.15, 0.2) is 0 Å². The molecule has 7 heteroatoms. The van der Waals surface area contributed by atoms with E-state index in [9.17, 15) is 9.18 Å². The number of hydrogen-bond donors (Lipinski definition) is 0. The van der Waals surface area contributed by atoms with Gasteiger partial charge in [0.1, 0.15) is 17.2 Å². The Hall–Kier alpha value is -1.36. The standard InChI is InChI=1S/C13H7Cl3FNO2/c1-20-13(19)10-3-2-9(17)12(18-10)7-4-6(14)5-8(15)11(7)16/h2-5H,1H3. The van der Waals surface area contributed by atoms with Crippen molar-refractivity contribution in [3.63, 3.8) is 0 Å². The number of halogens is 4. The normalized spacial score (nSPS) is 10.4. The fraction of sp³-hybridized carbons (Fsp3) is 0.0769. The molecule has 0 aliphatic carbocycles. The number of carbonyl (C=O) groups is 1. The van der Waals surface area contributed by atoms with Crippen molar-refractivity contribution in [3.05, 3.63) is 50.8 Å². The van der Waals surface area contributed by atoms with Crippen molar-refractivity contribution < 1.29 is 13.9 Å². The molecule has 1 aromatic carbocycles. The molecule has 0 saturated heterocycles. The van der Waals surface area contributed by atoms with Crippen LogP contribution in [0.3, 0.4) is 0 Å². The highest BCUT2D eigenvalue weighted by Crippen LogP contribution is 2.36. The fourth-order valence-corrected chi connectivity index (χ4v) is 2.27. The second-order valence-electron chi connectivity index (χ2n) is 3.77. The Bertz CT molecular complexity index is 692. The van der Waals surface area contributed by atoms with Crippen LogP contribution in [0.5, 0.6) is 0 Å². The van der Waals surface area contributed by atoms with E-state index < -0.39 is 11.8 Å². The molecule has 1 heterocycles. The van der Waals surface area contributed by atoms with Gasteiger partial charge in [-0.1, -0.05) is 34.8 Å². The lowest BCUT2D eigenvalue weighted by Gasteiger charge is -2.09. The van der Waals surface area contributed by atoms with Crippen LogP contribution in [0, 0.1) is 5.82 Å². The third-order valence-electron chi connectivity index (χ3n) is 2.49. The Morgan fingerprint density at radius 3 is 2.60 bits per heavy atom. The molecule has 0 N–H and O–H groups in total. The largest absolute Gasteiger partial charge is 0.464 e. The second-order valence-corrected chi connectivity index (χ2v) is 4.99. The predicted octanol–water partition coefficient (Wildman–Crippen LogP) is 4.63. The maximum absolute atomic E-state index is 13.9. The Morgan fingerprint density at radius 2 is 1.95 bits per heavy atom. The summed E-state index contributed by atoms with van der Waals surface area (Å²) in [6.45, 7) is 0. The molecule has 104 valence electrons. The highest BCUT2D eigenvalue weighted by Gasteiger charge is 2.17. The van der Waals surface area contributed by atoms with Gasteiger partial charge >= 0.3 is 5.97 Å². The van der Waals surface area contributed by atoms with E-state index in [4.69, 9.17) is 34.8 Å². The van der Waals surface area contributed by atoms with Gasteiger partial charge in [-0.2, -0.15) is 0 Å². The lowest BCUT2D eigenvalue weighted by molar-refractivity contribution is 0.0594. The number of pyridine rings is 1. The molecule has 0 radical (unpaired) electrons. The third kappa shape index (κ3) is 2.87. The minimum atomic E-state index is -0.685. The predicted molar refractivity (Wildman–Crippen MR) is 76.0 cm³/mol. The van der Waals surface area contributed by atoms with E-state index in [0.717, 1.165) is 6.07 Å². The quantitative estimate of drug-likeness (QED) is 0.593. The average Bonchev–Trinajstić information content (AvgIpc) is 2.42. The fourth-order valence-electron chi connectivity index (χ4n) is 1.58. The monoisotopic (exact) mass is 333 g/mol. The minimum Gasteiger partial charge on any atom is -0.464 e. The summed E-state index contributed by atoms with van der Waals surface area (Å²) in [4.78, 5) is 15.3. The molecular weight excluding hydrogens is 328 g/mol. The van der Waals surface area contributed by atoms with E-state index in [1.807, 2.05) is 0 Å². The van der Waals surface area contributed by atoms with Crippen LogP contribution >= 0.6 is 34.8 Å². The van der Waals surface area contributed by atoms with Crippen molar-refractivity contribution in [1.29, 1.82) is 0 Å². The number of nitrogens with zero attached hydrogens (tertiary/aromatic N) is 1. The van der Waals surface area contributed by atoms with Gasteiger partial charge in [-0.15, -0.1) is 0 Å². The molecule has 0 bridgehead atoms. The molecule has 0 aliphatic heterocycles. The molecule has 0 aliphatic rings. The number of hydrogen-bond acceptors (Lipinski definition) is 3. The van der Waals surface area contributed by atoms with Crippen molar-refractivity contribution in [3.8, 4) is 11.3 Å². The lowest BCUT2D eigenvalue weighted by Crippen LogP contribution is -2.06. The second kappa shape index (κ2) is 5.95. The molecule has 0 fully saturated rings. The lowest BCUT2D eigenvalue weighted by atomic mass is 10.1. The number of esters is 1. The van der Waals surface area contributed by atoms with Gasteiger partial charge in [0, 0.05) is 10.6 Å². The summed E-state index contributed by atoms with van der Waals surface area (Å²) in [6.07, 6.45) is 0. The first kappa shape index (κ1) is 15.0. The summed E-state index contributed by atoms with van der Waals surface area (Å²) in [7, 11) is 1.20. The molecule has 1 aromatic heterocycles. The molecule has 0 saturated carbocycles. The van der Waals surface area contributed by atoms with E-state index in [1.165, 1.54) is 25.3 Å². The number of ether oxygens (including phenoxy) is 1. The zero-order chi connectivity index (χ0) is 14.9. The Balaban J connectivity index is 2.66. The van der Waals surface area contributed by atoms with Crippen LogP contribution in [0.4, 0.5) is 4.39 Å². The Morgan fingerprint density at radius 1 is 1.25 bits per heavy atom. The van der Waals surface area contributed by atoms with Crippen molar-refractivity contribution in [2.24, 2.45) is 0 Å². The summed E-state index contributed by atoms with van der Waals surface area (Å²) >= 11 is 17.8. The van der Waals surface area contributed by atoms with Gasteiger partial charge in [-0.25, -0.2) is 14.2 Å². The van der Waals surface area contributed by atoms with Crippen LogP contribution in [-0.2, 0) is 4.74 Å². The maximum Gasteiger partial charge on any atom is 0.356 e. The van der Waals surface area contributed by atoms with E-state index in [1.54, 1.807) is 0 Å². The third-order valence-corrected chi connectivity index (χ3v) is 3.51. The van der Waals surface area contributed by atoms with Gasteiger partial charge in [0.25, 0.3) is 0 Å². The van der Waals surface area contributed by atoms with E-state index in [-0.39, 0.29) is 32.0 Å². The van der Waals surface area contributed by atoms with Gasteiger partial charge < -0.3 is 4.74 Å². The van der Waals surface area contributed by atoms with Crippen LogP contribution in [0.1, 0.15) is 10.5 Å². The van der Waals surface area contributed by atoms with Crippen LogP contribution in [0.15, 0.2) is 24.3 Å². The van der Waals surface area contributed by atoms with Crippen molar-refractivity contribution in [2.75, 3.05) is 7.11 Å². The first-order chi connectivity index (χ1) is 9.43. The zero-order valence-corrected chi connectivity index (χ0v) is 12.4. The number of benzene rings is 1. The molecule has 20 heavy (non-hydrogen) atoms. The SMILES string of the molecule is COC(=O)c1ccc(F)c(-c2cc(Cl)cc(Cl)c2Cl)n1. The van der Waals surface area contributed by atoms with Gasteiger partial charge in [-0.3, -0.25) is 0 Å². The molecule has 3 nitrogen and oxygen atoms in total. The maximum atomic E-state index is 13.9. The minimum absolute atomic E-state index is 0.0453. The first-order valence-corrected chi connectivity index (χ1v) is 6.47. The first-order valence-electron chi connectivity index (χ1n) is 5.34. The van der Waals surface area contributed by atoms with Gasteiger partial charge in [0.2, 0.25) is 0 Å². The Kier molecular flexibility index (Phi) is 4.48. The van der Waals surface area contributed by atoms with Crippen LogP contribution in [0.2, 0.25) is 15.1 Å². The van der Waals surface area contributed by atoms with E-state index in [0.29, 0.717) is 0 Å². The summed E-state index contributed by atoms with van der Waals surface area (Å²) in [6, 6.07) is 5.16. The molecule has 0 amide bonds. The molecule has 2 aromatic rings. The number of rotatable bonds is 2. The molecule has 0 unspecified atom stereocenters. The molecule has 0 spiro atoms.